The Labute approximate surface area is 105 Å². The second kappa shape index (κ2) is 6.15. The summed E-state index contributed by atoms with van der Waals surface area (Å²) >= 11 is 0. The van der Waals surface area contributed by atoms with Gasteiger partial charge < -0.3 is 0 Å². The predicted octanol–water partition coefficient (Wildman–Crippen LogP) is 3.34. The molecule has 0 N–H and O–H groups in total. The fraction of sp³-hybridized carbons (Fsp3) is 0.667. The first kappa shape index (κ1) is 12.6. The topological polar surface area (TPSA) is 16.1 Å². The normalized spacial score (nSPS) is 18.8. The molecule has 0 bridgehead atoms. The lowest BCUT2D eigenvalue weighted by molar-refractivity contribution is 0.163. The first-order chi connectivity index (χ1) is 8.24. The van der Waals surface area contributed by atoms with Gasteiger partial charge in [-0.15, -0.1) is 0 Å². The maximum atomic E-state index is 4.40. The van der Waals surface area contributed by atoms with Gasteiger partial charge in [0, 0.05) is 12.7 Å². The van der Waals surface area contributed by atoms with Gasteiger partial charge in [-0.25, -0.2) is 0 Å². The molecular formula is C15H24N2. The first-order valence-electron chi connectivity index (χ1n) is 6.86. The van der Waals surface area contributed by atoms with Crippen LogP contribution >= 0.6 is 0 Å². The van der Waals surface area contributed by atoms with Crippen molar-refractivity contribution in [1.82, 2.24) is 9.88 Å². The standard InChI is InChI=1S/C15H24N2/c1-13(2)11-14-6-9-17(10-7-14)12-15-5-3-4-8-16-15/h3-5,8,13-14H,6-7,9-12H2,1-2H3. The highest BCUT2D eigenvalue weighted by Gasteiger charge is 2.19. The molecule has 0 aromatic carbocycles. The van der Waals surface area contributed by atoms with Crippen LogP contribution in [0.1, 0.15) is 38.8 Å². The Bertz CT molecular complexity index is 313. The van der Waals surface area contributed by atoms with E-state index < -0.39 is 0 Å². The molecule has 0 amide bonds. The zero-order chi connectivity index (χ0) is 12.1. The van der Waals surface area contributed by atoms with Crippen LogP contribution in [0.5, 0.6) is 0 Å². The molecule has 94 valence electrons. The van der Waals surface area contributed by atoms with Gasteiger partial charge in [0.15, 0.2) is 0 Å². The van der Waals surface area contributed by atoms with Crippen LogP contribution in [0.2, 0.25) is 0 Å². The number of likely N-dealkylation sites (tertiary alicyclic amines) is 1. The van der Waals surface area contributed by atoms with Crippen molar-refractivity contribution in [3.8, 4) is 0 Å². The third kappa shape index (κ3) is 4.12. The van der Waals surface area contributed by atoms with Gasteiger partial charge in [0.2, 0.25) is 0 Å². The molecule has 0 spiro atoms. The van der Waals surface area contributed by atoms with Crippen molar-refractivity contribution >= 4 is 0 Å². The quantitative estimate of drug-likeness (QED) is 0.791. The molecule has 0 aliphatic carbocycles. The van der Waals surface area contributed by atoms with E-state index in [9.17, 15) is 0 Å². The molecule has 2 nitrogen and oxygen atoms in total. The molecular weight excluding hydrogens is 208 g/mol. The molecule has 0 radical (unpaired) electrons. The van der Waals surface area contributed by atoms with E-state index in [2.05, 4.69) is 35.9 Å². The van der Waals surface area contributed by atoms with Gasteiger partial charge >= 0.3 is 0 Å². The Morgan fingerprint density at radius 1 is 1.29 bits per heavy atom. The Morgan fingerprint density at radius 3 is 2.65 bits per heavy atom. The van der Waals surface area contributed by atoms with Crippen molar-refractivity contribution in [2.45, 2.75) is 39.7 Å². The van der Waals surface area contributed by atoms with Gasteiger partial charge in [0.25, 0.3) is 0 Å². The average molecular weight is 232 g/mol. The highest BCUT2D eigenvalue weighted by molar-refractivity contribution is 5.03. The molecule has 1 aromatic heterocycles. The van der Waals surface area contributed by atoms with Crippen LogP contribution in [0.15, 0.2) is 24.4 Å². The number of piperidine rings is 1. The van der Waals surface area contributed by atoms with Gasteiger partial charge in [-0.1, -0.05) is 19.9 Å². The number of rotatable bonds is 4. The molecule has 1 aliphatic heterocycles. The number of hydrogen-bond acceptors (Lipinski definition) is 2. The van der Waals surface area contributed by atoms with Crippen LogP contribution in [0.25, 0.3) is 0 Å². The summed E-state index contributed by atoms with van der Waals surface area (Å²) in [4.78, 5) is 6.94. The molecule has 17 heavy (non-hydrogen) atoms. The molecule has 1 saturated heterocycles. The predicted molar refractivity (Wildman–Crippen MR) is 71.7 cm³/mol. The van der Waals surface area contributed by atoms with Crippen molar-refractivity contribution in [3.63, 3.8) is 0 Å². The molecule has 2 heterocycles. The summed E-state index contributed by atoms with van der Waals surface area (Å²) in [6.07, 6.45) is 6.02. The number of aromatic nitrogens is 1. The summed E-state index contributed by atoms with van der Waals surface area (Å²) in [5, 5.41) is 0. The second-order valence-electron chi connectivity index (χ2n) is 5.67. The van der Waals surface area contributed by atoms with E-state index in [0.717, 1.165) is 18.4 Å². The SMILES string of the molecule is CC(C)CC1CCN(Cc2ccccn2)CC1. The van der Waals surface area contributed by atoms with E-state index in [1.807, 2.05) is 12.3 Å². The highest BCUT2D eigenvalue weighted by atomic mass is 15.1. The van der Waals surface area contributed by atoms with E-state index >= 15 is 0 Å². The van der Waals surface area contributed by atoms with Crippen LogP contribution in [0.4, 0.5) is 0 Å². The summed E-state index contributed by atoms with van der Waals surface area (Å²) in [5.41, 5.74) is 1.20. The summed E-state index contributed by atoms with van der Waals surface area (Å²) in [6, 6.07) is 6.19. The Hall–Kier alpha value is -0.890. The maximum Gasteiger partial charge on any atom is 0.0543 e. The third-order valence-corrected chi connectivity index (χ3v) is 3.62. The van der Waals surface area contributed by atoms with Gasteiger partial charge in [0.05, 0.1) is 5.69 Å². The van der Waals surface area contributed by atoms with Crippen LogP contribution in [0.3, 0.4) is 0 Å². The molecule has 0 atom stereocenters. The lowest BCUT2D eigenvalue weighted by atomic mass is 9.88. The summed E-state index contributed by atoms with van der Waals surface area (Å²) in [6.45, 7) is 8.18. The lowest BCUT2D eigenvalue weighted by Crippen LogP contribution is -2.33. The smallest absolute Gasteiger partial charge is 0.0543 e. The van der Waals surface area contributed by atoms with Crippen LogP contribution in [0, 0.1) is 11.8 Å². The highest BCUT2D eigenvalue weighted by Crippen LogP contribution is 2.24. The van der Waals surface area contributed by atoms with Crippen molar-refractivity contribution in [3.05, 3.63) is 30.1 Å². The summed E-state index contributed by atoms with van der Waals surface area (Å²) < 4.78 is 0. The monoisotopic (exact) mass is 232 g/mol. The molecule has 0 unspecified atom stereocenters. The minimum atomic E-state index is 0.849. The van der Waals surface area contributed by atoms with E-state index in [1.165, 1.54) is 38.0 Å². The minimum Gasteiger partial charge on any atom is -0.297 e. The van der Waals surface area contributed by atoms with Crippen molar-refractivity contribution in [1.29, 1.82) is 0 Å². The number of hydrogen-bond donors (Lipinski definition) is 0. The van der Waals surface area contributed by atoms with Gasteiger partial charge in [0.1, 0.15) is 0 Å². The van der Waals surface area contributed by atoms with E-state index in [4.69, 9.17) is 0 Å². The van der Waals surface area contributed by atoms with Crippen LogP contribution in [-0.2, 0) is 6.54 Å². The Morgan fingerprint density at radius 2 is 2.06 bits per heavy atom. The molecule has 1 fully saturated rings. The van der Waals surface area contributed by atoms with Crippen LogP contribution in [-0.4, -0.2) is 23.0 Å². The van der Waals surface area contributed by atoms with Gasteiger partial charge in [-0.05, 0) is 56.3 Å². The van der Waals surface area contributed by atoms with Crippen molar-refractivity contribution in [2.24, 2.45) is 11.8 Å². The fourth-order valence-electron chi connectivity index (χ4n) is 2.77. The van der Waals surface area contributed by atoms with Crippen LogP contribution < -0.4 is 0 Å². The van der Waals surface area contributed by atoms with E-state index in [-0.39, 0.29) is 0 Å². The maximum absolute atomic E-state index is 4.40. The molecule has 2 rings (SSSR count). The Kier molecular flexibility index (Phi) is 4.55. The van der Waals surface area contributed by atoms with Gasteiger partial charge in [-0.2, -0.15) is 0 Å². The summed E-state index contributed by atoms with van der Waals surface area (Å²) in [5.74, 6) is 1.80. The minimum absolute atomic E-state index is 0.849. The zero-order valence-corrected chi connectivity index (χ0v) is 11.1. The van der Waals surface area contributed by atoms with Crippen molar-refractivity contribution in [2.75, 3.05) is 13.1 Å². The molecule has 0 saturated carbocycles. The zero-order valence-electron chi connectivity index (χ0n) is 11.1. The fourth-order valence-corrected chi connectivity index (χ4v) is 2.77. The van der Waals surface area contributed by atoms with Gasteiger partial charge in [-0.3, -0.25) is 9.88 Å². The first-order valence-corrected chi connectivity index (χ1v) is 6.86. The second-order valence-corrected chi connectivity index (χ2v) is 5.67. The third-order valence-electron chi connectivity index (χ3n) is 3.62. The molecule has 1 aromatic rings. The molecule has 1 aliphatic rings. The largest absolute Gasteiger partial charge is 0.297 e. The molecule has 2 heteroatoms. The van der Waals surface area contributed by atoms with E-state index in [1.54, 1.807) is 0 Å². The lowest BCUT2D eigenvalue weighted by Gasteiger charge is -2.32. The van der Waals surface area contributed by atoms with E-state index in [0.29, 0.717) is 0 Å². The Balaban J connectivity index is 1.76. The number of nitrogens with zero attached hydrogens (tertiary/aromatic N) is 2. The average Bonchev–Trinajstić information content (AvgIpc) is 2.32. The number of pyridine rings is 1. The summed E-state index contributed by atoms with van der Waals surface area (Å²) in [7, 11) is 0. The van der Waals surface area contributed by atoms with Crippen molar-refractivity contribution < 1.29 is 0 Å².